The number of anilines is 2. The molecule has 0 saturated carbocycles. The number of amides is 1. The molecule has 2 N–H and O–H groups in total. The summed E-state index contributed by atoms with van der Waals surface area (Å²) in [5, 5.41) is 0. The van der Waals surface area contributed by atoms with Crippen LogP contribution < -0.4 is 10.6 Å². The molecule has 1 atom stereocenters. The van der Waals surface area contributed by atoms with E-state index in [1.807, 2.05) is 0 Å². The molecule has 0 aliphatic heterocycles. The lowest BCUT2D eigenvalue weighted by molar-refractivity contribution is -0.146. The molecular weight excluding hydrogens is 326 g/mol. The maximum atomic E-state index is 12.3. The van der Waals surface area contributed by atoms with E-state index in [2.05, 4.69) is 11.6 Å². The number of hydrogen-bond donors (Lipinski definition) is 1. The number of ether oxygens (including phenoxy) is 2. The Morgan fingerprint density at radius 1 is 1.32 bits per heavy atom. The summed E-state index contributed by atoms with van der Waals surface area (Å²) < 4.78 is 9.88. The zero-order chi connectivity index (χ0) is 18.8. The van der Waals surface area contributed by atoms with Gasteiger partial charge in [0.25, 0.3) is 0 Å². The normalized spacial score (nSPS) is 11.3. The molecule has 0 aliphatic carbocycles. The minimum absolute atomic E-state index is 0.0368. The quantitative estimate of drug-likeness (QED) is 0.504. The van der Waals surface area contributed by atoms with Crippen molar-refractivity contribution in [2.45, 2.75) is 32.7 Å². The molecule has 1 aromatic rings. The van der Waals surface area contributed by atoms with E-state index < -0.39 is 18.0 Å². The lowest BCUT2D eigenvalue weighted by atomic mass is 10.1. The van der Waals surface area contributed by atoms with Crippen LogP contribution in [-0.4, -0.2) is 42.6 Å². The third-order valence-electron chi connectivity index (χ3n) is 3.34. The van der Waals surface area contributed by atoms with Crippen molar-refractivity contribution in [3.05, 3.63) is 24.4 Å². The van der Waals surface area contributed by atoms with Gasteiger partial charge in [-0.1, -0.05) is 6.58 Å². The smallest absolute Gasteiger partial charge is 0.329 e. The van der Waals surface area contributed by atoms with E-state index >= 15 is 0 Å². The van der Waals surface area contributed by atoms with Crippen LogP contribution in [0.2, 0.25) is 0 Å². The van der Waals surface area contributed by atoms with Gasteiger partial charge in [-0.2, -0.15) is 0 Å². The number of nitrogens with two attached hydrogens (primary N) is 1. The fraction of sp³-hybridized carbons (Fsp3) is 0.412. The molecule has 1 heterocycles. The molecule has 0 saturated heterocycles. The van der Waals surface area contributed by atoms with Gasteiger partial charge in [-0.15, -0.1) is 0 Å². The van der Waals surface area contributed by atoms with Gasteiger partial charge in [-0.05, 0) is 38.5 Å². The second-order valence-corrected chi connectivity index (χ2v) is 4.97. The van der Waals surface area contributed by atoms with Crippen LogP contribution >= 0.6 is 0 Å². The number of esters is 2. The maximum Gasteiger partial charge on any atom is 0.329 e. The first-order chi connectivity index (χ1) is 12.0. The van der Waals surface area contributed by atoms with Gasteiger partial charge in [0.1, 0.15) is 11.9 Å². The molecule has 8 heteroatoms. The number of hydrogen-bond acceptors (Lipinski definition) is 7. The molecule has 0 radical (unpaired) electrons. The number of carbonyl (C=O) groups is 3. The zero-order valence-corrected chi connectivity index (χ0v) is 14.4. The molecule has 8 nitrogen and oxygen atoms in total. The maximum absolute atomic E-state index is 12.3. The average Bonchev–Trinajstić information content (AvgIpc) is 2.59. The highest BCUT2D eigenvalue weighted by Gasteiger charge is 2.29. The first kappa shape index (κ1) is 20.1. The summed E-state index contributed by atoms with van der Waals surface area (Å²) in [7, 11) is 0. The van der Waals surface area contributed by atoms with Gasteiger partial charge in [0.15, 0.2) is 0 Å². The van der Waals surface area contributed by atoms with Crippen LogP contribution in [0.15, 0.2) is 18.7 Å². The van der Waals surface area contributed by atoms with Crippen molar-refractivity contribution in [2.24, 2.45) is 0 Å². The van der Waals surface area contributed by atoms with E-state index in [1.165, 1.54) is 12.1 Å². The highest BCUT2D eigenvalue weighted by molar-refractivity contribution is 5.89. The van der Waals surface area contributed by atoms with Gasteiger partial charge in [-0.25, -0.2) is 9.78 Å². The van der Waals surface area contributed by atoms with Crippen LogP contribution in [0, 0.1) is 0 Å². The van der Waals surface area contributed by atoms with E-state index in [4.69, 9.17) is 15.2 Å². The minimum Gasteiger partial charge on any atom is -0.466 e. The van der Waals surface area contributed by atoms with Crippen LogP contribution in [0.3, 0.4) is 0 Å². The van der Waals surface area contributed by atoms with Crippen LogP contribution in [-0.2, 0) is 23.9 Å². The summed E-state index contributed by atoms with van der Waals surface area (Å²) in [5.74, 6) is -0.876. The SMILES string of the molecule is C=Cc1nc(N(C=O)[C@@H](CCC(=O)OCC)C(=O)OCC)ccc1N. The number of aromatic nitrogens is 1. The second kappa shape index (κ2) is 10.1. The van der Waals surface area contributed by atoms with Crippen molar-refractivity contribution in [1.82, 2.24) is 4.98 Å². The Morgan fingerprint density at radius 2 is 2.00 bits per heavy atom. The van der Waals surface area contributed by atoms with Gasteiger partial charge in [0.2, 0.25) is 6.41 Å². The van der Waals surface area contributed by atoms with E-state index in [-0.39, 0.29) is 31.9 Å². The van der Waals surface area contributed by atoms with Crippen molar-refractivity contribution in [3.8, 4) is 0 Å². The Hall–Kier alpha value is -2.90. The first-order valence-corrected chi connectivity index (χ1v) is 7.93. The fourth-order valence-corrected chi connectivity index (χ4v) is 2.17. The number of nitrogen functional groups attached to an aromatic ring is 1. The third-order valence-corrected chi connectivity index (χ3v) is 3.34. The summed E-state index contributed by atoms with van der Waals surface area (Å²) in [6, 6.07) is 2.06. The number of rotatable bonds is 10. The van der Waals surface area contributed by atoms with Crippen molar-refractivity contribution >= 4 is 35.9 Å². The highest BCUT2D eigenvalue weighted by Crippen LogP contribution is 2.21. The molecule has 0 fully saturated rings. The molecule has 0 spiro atoms. The zero-order valence-electron chi connectivity index (χ0n) is 14.4. The molecule has 0 aliphatic rings. The van der Waals surface area contributed by atoms with Crippen LogP contribution in [0.1, 0.15) is 32.4 Å². The first-order valence-electron chi connectivity index (χ1n) is 7.93. The van der Waals surface area contributed by atoms with Crippen LogP contribution in [0.5, 0.6) is 0 Å². The van der Waals surface area contributed by atoms with E-state index in [0.717, 1.165) is 4.90 Å². The summed E-state index contributed by atoms with van der Waals surface area (Å²) in [6.07, 6.45) is 1.93. The second-order valence-electron chi connectivity index (χ2n) is 4.97. The topological polar surface area (TPSA) is 112 Å². The predicted molar refractivity (Wildman–Crippen MR) is 93.6 cm³/mol. The summed E-state index contributed by atoms with van der Waals surface area (Å²) >= 11 is 0. The lowest BCUT2D eigenvalue weighted by Gasteiger charge is -2.26. The Morgan fingerprint density at radius 3 is 2.56 bits per heavy atom. The van der Waals surface area contributed by atoms with Crippen molar-refractivity contribution in [3.63, 3.8) is 0 Å². The van der Waals surface area contributed by atoms with E-state index in [0.29, 0.717) is 17.8 Å². The largest absolute Gasteiger partial charge is 0.466 e. The molecule has 0 unspecified atom stereocenters. The van der Waals surface area contributed by atoms with Gasteiger partial charge in [0.05, 0.1) is 24.6 Å². The van der Waals surface area contributed by atoms with Crippen LogP contribution in [0.4, 0.5) is 11.5 Å². The van der Waals surface area contributed by atoms with Gasteiger partial charge >= 0.3 is 11.9 Å². The Kier molecular flexibility index (Phi) is 8.11. The van der Waals surface area contributed by atoms with Crippen LogP contribution in [0.25, 0.3) is 6.08 Å². The number of pyridine rings is 1. The molecule has 0 aromatic carbocycles. The Balaban J connectivity index is 3.10. The molecule has 1 rings (SSSR count). The Bertz CT molecular complexity index is 633. The molecule has 25 heavy (non-hydrogen) atoms. The van der Waals surface area contributed by atoms with Crippen molar-refractivity contribution < 1.29 is 23.9 Å². The summed E-state index contributed by atoms with van der Waals surface area (Å²) in [6.45, 7) is 7.33. The van der Waals surface area contributed by atoms with E-state index in [1.54, 1.807) is 19.9 Å². The third kappa shape index (κ3) is 5.59. The van der Waals surface area contributed by atoms with Crippen molar-refractivity contribution in [1.29, 1.82) is 0 Å². The van der Waals surface area contributed by atoms with Gasteiger partial charge in [0, 0.05) is 6.42 Å². The monoisotopic (exact) mass is 349 g/mol. The number of carbonyl (C=O) groups excluding carboxylic acids is 3. The molecule has 136 valence electrons. The van der Waals surface area contributed by atoms with Crippen molar-refractivity contribution in [2.75, 3.05) is 23.8 Å². The minimum atomic E-state index is -1.00. The van der Waals surface area contributed by atoms with Gasteiger partial charge in [-0.3, -0.25) is 14.5 Å². The summed E-state index contributed by atoms with van der Waals surface area (Å²) in [5.41, 5.74) is 6.54. The predicted octanol–water partition coefficient (Wildman–Crippen LogP) is 1.54. The lowest BCUT2D eigenvalue weighted by Crippen LogP contribution is -2.42. The molecule has 0 bridgehead atoms. The highest BCUT2D eigenvalue weighted by atomic mass is 16.5. The van der Waals surface area contributed by atoms with Gasteiger partial charge < -0.3 is 15.2 Å². The van der Waals surface area contributed by atoms with E-state index in [9.17, 15) is 14.4 Å². The standard InChI is InChI=1S/C17H23N3O5/c1-4-13-12(18)7-9-15(19-13)20(11-21)14(17(23)25-6-3)8-10-16(22)24-5-2/h4,7,9,11,14H,1,5-6,8,10,18H2,2-3H3/t14-/m0/s1. The fourth-order valence-electron chi connectivity index (χ4n) is 2.17. The molecule has 1 amide bonds. The number of nitrogens with zero attached hydrogens (tertiary/aromatic N) is 2. The molecule has 1 aromatic heterocycles. The Labute approximate surface area is 146 Å². The average molecular weight is 349 g/mol. The molecular formula is C17H23N3O5. The summed E-state index contributed by atoms with van der Waals surface area (Å²) in [4.78, 5) is 40.8.